The van der Waals surface area contributed by atoms with Crippen molar-refractivity contribution >= 4 is 29.4 Å². The van der Waals surface area contributed by atoms with E-state index in [-0.39, 0.29) is 11.8 Å². The van der Waals surface area contributed by atoms with Gasteiger partial charge < -0.3 is 26.0 Å². The lowest BCUT2D eigenvalue weighted by molar-refractivity contribution is 0.177. The summed E-state index contributed by atoms with van der Waals surface area (Å²) in [6.07, 6.45) is 8.21. The molecule has 3 rings (SSSR count). The van der Waals surface area contributed by atoms with Crippen LogP contribution in [-0.4, -0.2) is 61.2 Å². The van der Waals surface area contributed by atoms with E-state index in [9.17, 15) is 4.39 Å². The van der Waals surface area contributed by atoms with Crippen molar-refractivity contribution in [1.29, 1.82) is 0 Å². The minimum atomic E-state index is -0.495. The number of amidine groups is 1. The molecule has 9 nitrogen and oxygen atoms in total. The number of nitrogens with two attached hydrogens (primary N) is 1. The zero-order valence-corrected chi connectivity index (χ0v) is 21.8. The van der Waals surface area contributed by atoms with Gasteiger partial charge in [0.2, 0.25) is 5.96 Å². The molecule has 1 aromatic heterocycles. The summed E-state index contributed by atoms with van der Waals surface area (Å²) in [4.78, 5) is 10.2. The van der Waals surface area contributed by atoms with Crippen molar-refractivity contribution in [2.75, 3.05) is 38.7 Å². The van der Waals surface area contributed by atoms with Crippen molar-refractivity contribution in [2.45, 2.75) is 39.2 Å². The second-order valence-corrected chi connectivity index (χ2v) is 8.57. The van der Waals surface area contributed by atoms with Gasteiger partial charge in [0.1, 0.15) is 0 Å². The molecule has 0 amide bonds. The third-order valence-corrected chi connectivity index (χ3v) is 5.98. The molecule has 2 heterocycles. The molecule has 1 aliphatic heterocycles. The number of hydrogen-bond acceptors (Lipinski definition) is 6. The summed E-state index contributed by atoms with van der Waals surface area (Å²) in [5.74, 6) is -0.565. The lowest BCUT2D eigenvalue weighted by Gasteiger charge is -2.24. The van der Waals surface area contributed by atoms with E-state index in [1.165, 1.54) is 37.1 Å². The number of aromatic nitrogens is 1. The smallest absolute Gasteiger partial charge is 0.242 e. The van der Waals surface area contributed by atoms with E-state index < -0.39 is 5.83 Å². The van der Waals surface area contributed by atoms with Gasteiger partial charge in [-0.25, -0.2) is 4.39 Å². The van der Waals surface area contributed by atoms with Crippen LogP contribution in [0.2, 0.25) is 0 Å². The number of hydrogen-bond donors (Lipinski definition) is 3. The zero-order chi connectivity index (χ0) is 26.5. The van der Waals surface area contributed by atoms with E-state index in [4.69, 9.17) is 10.5 Å². The predicted octanol–water partition coefficient (Wildman–Crippen LogP) is 4.53. The first-order valence-electron chi connectivity index (χ1n) is 12.6. The summed E-state index contributed by atoms with van der Waals surface area (Å²) in [5.41, 5.74) is 9.65. The Morgan fingerprint density at radius 1 is 1.24 bits per heavy atom. The molecule has 1 aromatic carbocycles. The average Bonchev–Trinajstić information content (AvgIpc) is 2.94. The van der Waals surface area contributed by atoms with Crippen LogP contribution in [0.1, 0.15) is 50.4 Å². The summed E-state index contributed by atoms with van der Waals surface area (Å²) < 4.78 is 19.5. The number of rotatable bonds is 10. The highest BCUT2D eigenvalue weighted by atomic mass is 19.1. The molecule has 0 aliphatic carbocycles. The van der Waals surface area contributed by atoms with Gasteiger partial charge in [0, 0.05) is 31.9 Å². The number of aliphatic imine (C=N–C) groups is 1. The number of pyridine rings is 1. The third kappa shape index (κ3) is 8.76. The standard InChI is InChI=1S/C27H37FN8O/c1-4-24(28)26(36(5-2)16-17-37-3)34-27(29)35-32-19-22-13-14-23(18-31-22)33-21-11-9-20(10-12-21)25-8-6-7-15-30-25/h4,9-14,18-19,25,30,33H,5-8,15-17H2,1-3H3,(H2,29,35)/b24-4+,32-19+,34-26+. The van der Waals surface area contributed by atoms with Gasteiger partial charge in [-0.15, -0.1) is 5.10 Å². The summed E-state index contributed by atoms with van der Waals surface area (Å²) in [6, 6.07) is 12.7. The minimum Gasteiger partial charge on any atom is -0.383 e. The van der Waals surface area contributed by atoms with Crippen LogP contribution in [0.3, 0.4) is 0 Å². The summed E-state index contributed by atoms with van der Waals surface area (Å²) >= 11 is 0. The van der Waals surface area contributed by atoms with Crippen molar-refractivity contribution in [3.63, 3.8) is 0 Å². The molecule has 10 heteroatoms. The van der Waals surface area contributed by atoms with E-state index in [1.54, 1.807) is 25.1 Å². The van der Waals surface area contributed by atoms with Crippen molar-refractivity contribution < 1.29 is 9.13 Å². The molecule has 2 aromatic rings. The van der Waals surface area contributed by atoms with Crippen LogP contribution in [0.5, 0.6) is 0 Å². The van der Waals surface area contributed by atoms with Crippen molar-refractivity contribution in [1.82, 2.24) is 15.2 Å². The van der Waals surface area contributed by atoms with E-state index in [1.807, 2.05) is 19.1 Å². The normalized spacial score (nSPS) is 17.3. The molecule has 0 bridgehead atoms. The van der Waals surface area contributed by atoms with E-state index >= 15 is 0 Å². The van der Waals surface area contributed by atoms with Gasteiger partial charge in [0.15, 0.2) is 11.7 Å². The summed E-state index contributed by atoms with van der Waals surface area (Å²) in [7, 11) is 1.59. The molecule has 0 radical (unpaired) electrons. The molecule has 1 aliphatic rings. The van der Waals surface area contributed by atoms with Crippen LogP contribution in [-0.2, 0) is 4.74 Å². The van der Waals surface area contributed by atoms with Gasteiger partial charge in [0.25, 0.3) is 0 Å². The molecule has 37 heavy (non-hydrogen) atoms. The number of likely N-dealkylation sites (N-methyl/N-ethyl adjacent to an activating group) is 1. The Hall–Kier alpha value is -3.63. The second-order valence-electron chi connectivity index (χ2n) is 8.57. The summed E-state index contributed by atoms with van der Waals surface area (Å²) in [6.45, 7) is 6.00. The Kier molecular flexibility index (Phi) is 11.2. The fraction of sp³-hybridized carbons (Fsp3) is 0.407. The maximum absolute atomic E-state index is 14.4. The number of benzene rings is 1. The maximum atomic E-state index is 14.4. The number of methoxy groups -OCH3 is 1. The highest BCUT2D eigenvalue weighted by Crippen LogP contribution is 2.25. The largest absolute Gasteiger partial charge is 0.383 e. The van der Waals surface area contributed by atoms with Crippen LogP contribution in [0.15, 0.2) is 69.7 Å². The van der Waals surface area contributed by atoms with Crippen molar-refractivity contribution in [2.24, 2.45) is 20.9 Å². The zero-order valence-electron chi connectivity index (χ0n) is 21.8. The van der Waals surface area contributed by atoms with Gasteiger partial charge in [-0.1, -0.05) is 18.6 Å². The monoisotopic (exact) mass is 508 g/mol. The SMILES string of the molecule is C\C=C(F)/C(=N\C(N)=N/N=C/c1ccc(Nc2ccc(C3CCCCN3)cc2)cn1)N(CC)CCOC. The van der Waals surface area contributed by atoms with Crippen LogP contribution in [0.4, 0.5) is 15.8 Å². The average molecular weight is 509 g/mol. The van der Waals surface area contributed by atoms with Crippen molar-refractivity contribution in [3.05, 3.63) is 65.8 Å². The first-order valence-corrected chi connectivity index (χ1v) is 12.6. The lowest BCUT2D eigenvalue weighted by Crippen LogP contribution is -2.35. The number of halogens is 1. The Balaban J connectivity index is 1.60. The van der Waals surface area contributed by atoms with Crippen LogP contribution < -0.4 is 16.4 Å². The molecule has 1 fully saturated rings. The maximum Gasteiger partial charge on any atom is 0.242 e. The molecule has 1 saturated heterocycles. The van der Waals surface area contributed by atoms with Gasteiger partial charge in [-0.2, -0.15) is 10.1 Å². The lowest BCUT2D eigenvalue weighted by atomic mass is 9.97. The number of guanidine groups is 1. The summed E-state index contributed by atoms with van der Waals surface area (Å²) in [5, 5.41) is 14.8. The van der Waals surface area contributed by atoms with Gasteiger partial charge >= 0.3 is 0 Å². The van der Waals surface area contributed by atoms with E-state index in [0.717, 1.165) is 17.9 Å². The Labute approximate surface area is 218 Å². The highest BCUT2D eigenvalue weighted by molar-refractivity contribution is 6.03. The molecule has 1 atom stereocenters. The Morgan fingerprint density at radius 2 is 2.03 bits per heavy atom. The van der Waals surface area contributed by atoms with Crippen LogP contribution in [0.25, 0.3) is 0 Å². The molecule has 0 saturated carbocycles. The number of nitrogens with zero attached hydrogens (tertiary/aromatic N) is 5. The number of allylic oxidation sites excluding steroid dienone is 1. The number of nitrogens with one attached hydrogen (secondary N) is 2. The van der Waals surface area contributed by atoms with E-state index in [0.29, 0.717) is 31.4 Å². The molecule has 0 spiro atoms. The minimum absolute atomic E-state index is 0.0927. The van der Waals surface area contributed by atoms with Gasteiger partial charge in [-0.05, 0) is 69.1 Å². The quantitative estimate of drug-likeness (QED) is 0.247. The first-order chi connectivity index (χ1) is 18.0. The predicted molar refractivity (Wildman–Crippen MR) is 149 cm³/mol. The van der Waals surface area contributed by atoms with Crippen molar-refractivity contribution in [3.8, 4) is 0 Å². The highest BCUT2D eigenvalue weighted by Gasteiger charge is 2.15. The Morgan fingerprint density at radius 3 is 2.65 bits per heavy atom. The molecular formula is C27H37FN8O. The fourth-order valence-corrected chi connectivity index (χ4v) is 3.95. The number of ether oxygens (including phenoxy) is 1. The van der Waals surface area contributed by atoms with Gasteiger partial charge in [0.05, 0.1) is 30.4 Å². The third-order valence-electron chi connectivity index (χ3n) is 5.98. The molecule has 1 unspecified atom stereocenters. The topological polar surface area (TPSA) is 113 Å². The fourth-order valence-electron chi connectivity index (χ4n) is 3.95. The Bertz CT molecular complexity index is 1090. The molecular weight excluding hydrogens is 471 g/mol. The van der Waals surface area contributed by atoms with Crippen LogP contribution >= 0.6 is 0 Å². The van der Waals surface area contributed by atoms with E-state index in [2.05, 4.69) is 55.1 Å². The molecule has 198 valence electrons. The number of anilines is 2. The molecule has 4 N–H and O–H groups in total. The number of piperidine rings is 1. The second kappa shape index (κ2) is 14.8. The van der Waals surface area contributed by atoms with Crippen LogP contribution in [0, 0.1) is 0 Å². The van der Waals surface area contributed by atoms with Gasteiger partial charge in [-0.3, -0.25) is 4.98 Å². The first kappa shape index (κ1) is 27.9.